The molecule has 3 aromatic rings. The Morgan fingerprint density at radius 3 is 2.68 bits per heavy atom. The molecule has 0 saturated carbocycles. The molecule has 1 aromatic carbocycles. The number of anilines is 1. The fourth-order valence-corrected chi connectivity index (χ4v) is 2.82. The summed E-state index contributed by atoms with van der Waals surface area (Å²) in [5.41, 5.74) is 10.0. The van der Waals surface area contributed by atoms with E-state index in [1.54, 1.807) is 6.20 Å². The first-order valence-corrected chi connectivity index (χ1v) is 7.34. The van der Waals surface area contributed by atoms with Gasteiger partial charge in [0.1, 0.15) is 22.9 Å². The van der Waals surface area contributed by atoms with Gasteiger partial charge in [0, 0.05) is 37.0 Å². The number of aromatic nitrogens is 3. The van der Waals surface area contributed by atoms with Crippen LogP contribution in [-0.4, -0.2) is 27.5 Å². The summed E-state index contributed by atoms with van der Waals surface area (Å²) >= 11 is 0. The molecule has 4 rings (SSSR count). The molecule has 1 saturated heterocycles. The molecule has 0 spiro atoms. The van der Waals surface area contributed by atoms with Gasteiger partial charge in [0.2, 0.25) is 0 Å². The predicted molar refractivity (Wildman–Crippen MR) is 88.5 cm³/mol. The Kier molecular flexibility index (Phi) is 2.94. The van der Waals surface area contributed by atoms with E-state index in [0.717, 1.165) is 41.3 Å². The van der Waals surface area contributed by atoms with Crippen LogP contribution in [0.4, 0.5) is 5.82 Å². The summed E-state index contributed by atoms with van der Waals surface area (Å²) in [5, 5.41) is 3.29. The van der Waals surface area contributed by atoms with Gasteiger partial charge in [-0.3, -0.25) is 4.40 Å². The van der Waals surface area contributed by atoms with Crippen LogP contribution in [0.25, 0.3) is 22.9 Å². The van der Waals surface area contributed by atoms with Gasteiger partial charge in [-0.2, -0.15) is 0 Å². The monoisotopic (exact) mass is 291 g/mol. The summed E-state index contributed by atoms with van der Waals surface area (Å²) in [7, 11) is 0. The Morgan fingerprint density at radius 1 is 1.27 bits per heavy atom. The van der Waals surface area contributed by atoms with Gasteiger partial charge < -0.3 is 11.1 Å². The third kappa shape index (κ3) is 1.90. The number of imidazole rings is 1. The quantitative estimate of drug-likeness (QED) is 0.777. The van der Waals surface area contributed by atoms with E-state index in [-0.39, 0.29) is 0 Å². The number of nitrogens with zero attached hydrogens (tertiary/aromatic N) is 3. The fraction of sp³-hybridized carbons (Fsp3) is 0.176. The molecule has 0 aliphatic carbocycles. The first-order chi connectivity index (χ1) is 10.8. The van der Waals surface area contributed by atoms with Crippen LogP contribution in [0.2, 0.25) is 0 Å². The maximum absolute atomic E-state index is 6.12. The Hall–Kier alpha value is -2.66. The van der Waals surface area contributed by atoms with Crippen molar-refractivity contribution >= 4 is 17.4 Å². The molecule has 22 heavy (non-hydrogen) atoms. The van der Waals surface area contributed by atoms with Crippen LogP contribution in [0.3, 0.4) is 0 Å². The molecule has 0 amide bonds. The third-order valence-electron chi connectivity index (χ3n) is 4.18. The lowest BCUT2D eigenvalue weighted by atomic mass is 10.0. The van der Waals surface area contributed by atoms with Crippen molar-refractivity contribution in [3.05, 3.63) is 54.6 Å². The summed E-state index contributed by atoms with van der Waals surface area (Å²) in [6.07, 6.45) is 5.49. The van der Waals surface area contributed by atoms with Crippen LogP contribution in [0.15, 0.2) is 43.2 Å². The number of nitrogens with two attached hydrogens (primary N) is 1. The van der Waals surface area contributed by atoms with Gasteiger partial charge in [0.15, 0.2) is 0 Å². The molecule has 1 aliphatic heterocycles. The second kappa shape index (κ2) is 4.96. The van der Waals surface area contributed by atoms with Crippen LogP contribution < -0.4 is 11.1 Å². The van der Waals surface area contributed by atoms with Crippen LogP contribution in [0, 0.1) is 0 Å². The fourth-order valence-electron chi connectivity index (χ4n) is 2.82. The van der Waals surface area contributed by atoms with Crippen molar-refractivity contribution in [2.24, 2.45) is 0 Å². The number of rotatable bonds is 3. The molecular formula is C17H17N5. The smallest absolute Gasteiger partial charge is 0.150 e. The van der Waals surface area contributed by atoms with Gasteiger partial charge in [-0.05, 0) is 5.56 Å². The Morgan fingerprint density at radius 2 is 2.05 bits per heavy atom. The first kappa shape index (κ1) is 13.0. The zero-order chi connectivity index (χ0) is 15.1. The maximum Gasteiger partial charge on any atom is 0.150 e. The number of nitrogen functional groups attached to an aromatic ring is 1. The molecule has 110 valence electrons. The zero-order valence-corrected chi connectivity index (χ0v) is 12.2. The molecule has 3 heterocycles. The van der Waals surface area contributed by atoms with Crippen molar-refractivity contribution in [1.29, 1.82) is 0 Å². The van der Waals surface area contributed by atoms with E-state index in [9.17, 15) is 0 Å². The molecule has 5 heteroatoms. The number of fused-ring (bicyclic) bond motifs is 1. The van der Waals surface area contributed by atoms with E-state index < -0.39 is 0 Å². The summed E-state index contributed by atoms with van der Waals surface area (Å²) in [6.45, 7) is 5.70. The van der Waals surface area contributed by atoms with Crippen molar-refractivity contribution in [2.75, 3.05) is 18.8 Å². The maximum atomic E-state index is 6.12. The van der Waals surface area contributed by atoms with E-state index in [0.29, 0.717) is 11.7 Å². The van der Waals surface area contributed by atoms with Gasteiger partial charge in [0.05, 0.1) is 0 Å². The number of hydrogen-bond donors (Lipinski definition) is 2. The minimum Gasteiger partial charge on any atom is -0.382 e. The summed E-state index contributed by atoms with van der Waals surface area (Å²) in [4.78, 5) is 9.10. The van der Waals surface area contributed by atoms with Crippen LogP contribution in [-0.2, 0) is 0 Å². The lowest BCUT2D eigenvalue weighted by molar-refractivity contribution is 0.429. The minimum atomic E-state index is 0.426. The molecule has 0 unspecified atom stereocenters. The zero-order valence-electron chi connectivity index (χ0n) is 12.2. The van der Waals surface area contributed by atoms with Crippen molar-refractivity contribution in [2.45, 2.75) is 5.92 Å². The molecule has 3 N–H and O–H groups in total. The SMILES string of the molecule is C=Cc1ccc(-c2nc(C3CNC3)n3ccnc(N)c23)cc1. The minimum absolute atomic E-state index is 0.426. The predicted octanol–water partition coefficient (Wildman–Crippen LogP) is 2.31. The summed E-state index contributed by atoms with van der Waals surface area (Å²) in [6, 6.07) is 8.17. The molecule has 0 radical (unpaired) electrons. The van der Waals surface area contributed by atoms with Crippen LogP contribution >= 0.6 is 0 Å². The number of benzene rings is 1. The molecule has 1 fully saturated rings. The van der Waals surface area contributed by atoms with E-state index >= 15 is 0 Å². The van der Waals surface area contributed by atoms with Crippen molar-refractivity contribution in [3.63, 3.8) is 0 Å². The summed E-state index contributed by atoms with van der Waals surface area (Å²) < 4.78 is 2.07. The molecular weight excluding hydrogens is 274 g/mol. The molecule has 5 nitrogen and oxygen atoms in total. The topological polar surface area (TPSA) is 68.2 Å². The van der Waals surface area contributed by atoms with E-state index in [2.05, 4.69) is 33.4 Å². The normalized spacial score (nSPS) is 14.9. The largest absolute Gasteiger partial charge is 0.382 e. The Labute approximate surface area is 128 Å². The highest BCUT2D eigenvalue weighted by Crippen LogP contribution is 2.31. The number of nitrogens with one attached hydrogen (secondary N) is 1. The molecule has 0 bridgehead atoms. The third-order valence-corrected chi connectivity index (χ3v) is 4.18. The highest BCUT2D eigenvalue weighted by molar-refractivity contribution is 5.85. The van der Waals surface area contributed by atoms with Gasteiger partial charge in [0.25, 0.3) is 0 Å². The lowest BCUT2D eigenvalue weighted by Crippen LogP contribution is -2.40. The van der Waals surface area contributed by atoms with Gasteiger partial charge in [-0.15, -0.1) is 0 Å². The van der Waals surface area contributed by atoms with E-state index in [1.807, 2.05) is 24.4 Å². The van der Waals surface area contributed by atoms with Gasteiger partial charge in [-0.1, -0.05) is 36.9 Å². The average Bonchev–Trinajstić information content (AvgIpc) is 2.87. The van der Waals surface area contributed by atoms with Crippen molar-refractivity contribution < 1.29 is 0 Å². The summed E-state index contributed by atoms with van der Waals surface area (Å²) in [5.74, 6) is 1.98. The molecule has 2 aromatic heterocycles. The van der Waals surface area contributed by atoms with Crippen molar-refractivity contribution in [3.8, 4) is 11.3 Å². The van der Waals surface area contributed by atoms with E-state index in [1.165, 1.54) is 0 Å². The second-order valence-electron chi connectivity index (χ2n) is 5.53. The van der Waals surface area contributed by atoms with Gasteiger partial charge in [-0.25, -0.2) is 9.97 Å². The van der Waals surface area contributed by atoms with Crippen LogP contribution in [0.5, 0.6) is 0 Å². The second-order valence-corrected chi connectivity index (χ2v) is 5.53. The van der Waals surface area contributed by atoms with Crippen molar-refractivity contribution in [1.82, 2.24) is 19.7 Å². The first-order valence-electron chi connectivity index (χ1n) is 7.34. The van der Waals surface area contributed by atoms with Crippen LogP contribution in [0.1, 0.15) is 17.3 Å². The lowest BCUT2D eigenvalue weighted by Gasteiger charge is -2.25. The van der Waals surface area contributed by atoms with E-state index in [4.69, 9.17) is 10.7 Å². The molecule has 1 aliphatic rings. The Balaban J connectivity index is 1.94. The van der Waals surface area contributed by atoms with Gasteiger partial charge >= 0.3 is 0 Å². The standard InChI is InChI=1S/C17H17N5/c1-2-11-3-5-12(6-4-11)14-15-16(18)20-7-8-22(15)17(21-14)13-9-19-10-13/h2-8,13,19H,1,9-10H2,(H2,18,20). The molecule has 0 atom stereocenters. The highest BCUT2D eigenvalue weighted by Gasteiger charge is 2.26. The number of hydrogen-bond acceptors (Lipinski definition) is 4. The highest BCUT2D eigenvalue weighted by atomic mass is 15.1. The Bertz CT molecular complexity index is 843. The average molecular weight is 291 g/mol.